The Hall–Kier alpha value is -4.07. The van der Waals surface area contributed by atoms with Crippen LogP contribution < -0.4 is 20.1 Å². The molecular formula is C24H22N2O6. The molecule has 0 saturated carbocycles. The topological polar surface area (TPSA) is 103 Å². The van der Waals surface area contributed by atoms with E-state index in [9.17, 15) is 14.4 Å². The van der Waals surface area contributed by atoms with Gasteiger partial charge in [0.1, 0.15) is 6.54 Å². The molecule has 0 aromatic heterocycles. The van der Waals surface area contributed by atoms with Crippen LogP contribution in [0.4, 0.5) is 0 Å². The van der Waals surface area contributed by atoms with Gasteiger partial charge < -0.3 is 24.8 Å². The number of benzene rings is 3. The third kappa shape index (κ3) is 4.97. The minimum atomic E-state index is -1.01. The molecule has 8 nitrogen and oxygen atoms in total. The van der Waals surface area contributed by atoms with E-state index in [4.69, 9.17) is 14.2 Å². The summed E-state index contributed by atoms with van der Waals surface area (Å²) in [7, 11) is 0. The average Bonchev–Trinajstić information content (AvgIpc) is 3.28. The van der Waals surface area contributed by atoms with E-state index in [1.165, 1.54) is 6.92 Å². The van der Waals surface area contributed by atoms with Gasteiger partial charge in [-0.3, -0.25) is 14.4 Å². The first-order valence-electron chi connectivity index (χ1n) is 10.1. The molecule has 0 saturated heterocycles. The summed E-state index contributed by atoms with van der Waals surface area (Å²) >= 11 is 0. The summed E-state index contributed by atoms with van der Waals surface area (Å²) in [6.45, 7) is 1.55. The van der Waals surface area contributed by atoms with E-state index < -0.39 is 23.9 Å². The molecule has 0 bridgehead atoms. The fraction of sp³-hybridized carbons (Fsp3) is 0.208. The Morgan fingerprint density at radius 1 is 0.938 bits per heavy atom. The van der Waals surface area contributed by atoms with Gasteiger partial charge in [0.25, 0.3) is 11.8 Å². The summed E-state index contributed by atoms with van der Waals surface area (Å²) in [6.07, 6.45) is -1.01. The van der Waals surface area contributed by atoms with Crippen molar-refractivity contribution in [2.75, 3.05) is 13.3 Å². The zero-order valence-corrected chi connectivity index (χ0v) is 17.4. The van der Waals surface area contributed by atoms with Crippen LogP contribution in [0.3, 0.4) is 0 Å². The van der Waals surface area contributed by atoms with Gasteiger partial charge in [0.2, 0.25) is 6.79 Å². The van der Waals surface area contributed by atoms with Gasteiger partial charge >= 0.3 is 5.97 Å². The van der Waals surface area contributed by atoms with Gasteiger partial charge in [-0.25, -0.2) is 0 Å². The van der Waals surface area contributed by atoms with Crippen molar-refractivity contribution >= 4 is 28.6 Å². The Labute approximate surface area is 184 Å². The van der Waals surface area contributed by atoms with E-state index in [0.717, 1.165) is 16.3 Å². The van der Waals surface area contributed by atoms with Gasteiger partial charge in [0, 0.05) is 12.1 Å². The van der Waals surface area contributed by atoms with Crippen molar-refractivity contribution in [3.63, 3.8) is 0 Å². The van der Waals surface area contributed by atoms with Crippen LogP contribution in [0, 0.1) is 0 Å². The molecule has 0 spiro atoms. The maximum atomic E-state index is 12.3. The smallest absolute Gasteiger partial charge is 0.326 e. The van der Waals surface area contributed by atoms with Crippen molar-refractivity contribution in [3.8, 4) is 11.5 Å². The number of carbonyl (C=O) groups is 3. The van der Waals surface area contributed by atoms with Crippen LogP contribution in [0.5, 0.6) is 11.5 Å². The van der Waals surface area contributed by atoms with E-state index in [1.54, 1.807) is 24.3 Å². The van der Waals surface area contributed by atoms with Gasteiger partial charge in [-0.15, -0.1) is 0 Å². The third-order valence-corrected chi connectivity index (χ3v) is 4.99. The van der Waals surface area contributed by atoms with E-state index in [1.807, 2.05) is 36.4 Å². The molecule has 0 radical (unpaired) electrons. The molecule has 1 aliphatic heterocycles. The van der Waals surface area contributed by atoms with Gasteiger partial charge in [-0.1, -0.05) is 36.4 Å². The van der Waals surface area contributed by atoms with Gasteiger partial charge in [0.15, 0.2) is 17.6 Å². The van der Waals surface area contributed by atoms with Gasteiger partial charge in [-0.05, 0) is 47.5 Å². The molecule has 0 aliphatic carbocycles. The predicted octanol–water partition coefficient (Wildman–Crippen LogP) is 2.55. The highest BCUT2D eigenvalue weighted by molar-refractivity contribution is 5.99. The number of amides is 2. The molecule has 3 aromatic carbocycles. The molecule has 3 aromatic rings. The second-order valence-electron chi connectivity index (χ2n) is 7.28. The molecule has 0 fully saturated rings. The number of fused-ring (bicyclic) bond motifs is 2. The van der Waals surface area contributed by atoms with Crippen LogP contribution in [0.25, 0.3) is 10.8 Å². The summed E-state index contributed by atoms with van der Waals surface area (Å²) in [5.74, 6) is -0.263. The van der Waals surface area contributed by atoms with Crippen molar-refractivity contribution in [2.45, 2.75) is 19.6 Å². The van der Waals surface area contributed by atoms with Crippen molar-refractivity contribution in [2.24, 2.45) is 0 Å². The molecule has 1 aliphatic rings. The summed E-state index contributed by atoms with van der Waals surface area (Å²) < 4.78 is 15.7. The summed E-state index contributed by atoms with van der Waals surface area (Å²) in [6, 6.07) is 18.3. The molecule has 1 atom stereocenters. The number of esters is 1. The first kappa shape index (κ1) is 21.2. The van der Waals surface area contributed by atoms with Gasteiger partial charge in [0.05, 0.1) is 0 Å². The average molecular weight is 434 g/mol. The maximum absolute atomic E-state index is 12.3. The van der Waals surface area contributed by atoms with E-state index in [2.05, 4.69) is 10.6 Å². The number of hydrogen-bond acceptors (Lipinski definition) is 6. The SMILES string of the molecule is C[C@@H](OC(=O)CNC(=O)c1ccc2ccccc2c1)C(=O)NCc1ccc2c(c1)OCO2. The van der Waals surface area contributed by atoms with Crippen molar-refractivity contribution in [3.05, 3.63) is 71.8 Å². The fourth-order valence-electron chi connectivity index (χ4n) is 3.26. The highest BCUT2D eigenvalue weighted by Crippen LogP contribution is 2.32. The third-order valence-electron chi connectivity index (χ3n) is 4.99. The normalized spacial score (nSPS) is 12.8. The second kappa shape index (κ2) is 9.38. The van der Waals surface area contributed by atoms with Crippen LogP contribution >= 0.6 is 0 Å². The molecule has 2 amide bonds. The van der Waals surface area contributed by atoms with Gasteiger partial charge in [-0.2, -0.15) is 0 Å². The second-order valence-corrected chi connectivity index (χ2v) is 7.28. The van der Waals surface area contributed by atoms with E-state index >= 15 is 0 Å². The maximum Gasteiger partial charge on any atom is 0.326 e. The monoisotopic (exact) mass is 434 g/mol. The number of nitrogens with one attached hydrogen (secondary N) is 2. The van der Waals surface area contributed by atoms with Crippen LogP contribution in [-0.2, 0) is 20.9 Å². The number of hydrogen-bond donors (Lipinski definition) is 2. The molecule has 1 heterocycles. The minimum Gasteiger partial charge on any atom is -0.454 e. The van der Waals surface area contributed by atoms with E-state index in [-0.39, 0.29) is 19.9 Å². The lowest BCUT2D eigenvalue weighted by Gasteiger charge is -2.14. The molecule has 32 heavy (non-hydrogen) atoms. The lowest BCUT2D eigenvalue weighted by molar-refractivity contribution is -0.153. The Morgan fingerprint density at radius 2 is 1.72 bits per heavy atom. The number of rotatable bonds is 7. The van der Waals surface area contributed by atoms with Crippen molar-refractivity contribution < 1.29 is 28.6 Å². The molecule has 0 unspecified atom stereocenters. The first-order valence-corrected chi connectivity index (χ1v) is 10.1. The lowest BCUT2D eigenvalue weighted by atomic mass is 10.1. The quantitative estimate of drug-likeness (QED) is 0.554. The summed E-state index contributed by atoms with van der Waals surface area (Å²) in [5, 5.41) is 7.17. The van der Waals surface area contributed by atoms with Crippen molar-refractivity contribution in [1.82, 2.24) is 10.6 Å². The van der Waals surface area contributed by atoms with Crippen molar-refractivity contribution in [1.29, 1.82) is 0 Å². The standard InChI is InChI=1S/C24H22N2O6/c1-15(23(28)25-12-16-6-9-20-21(10-16)31-14-30-20)32-22(27)13-26-24(29)19-8-7-17-4-2-3-5-18(17)11-19/h2-11,15H,12-14H2,1H3,(H,25,28)(H,26,29)/t15-/m1/s1. The highest BCUT2D eigenvalue weighted by Gasteiger charge is 2.19. The predicted molar refractivity (Wildman–Crippen MR) is 116 cm³/mol. The highest BCUT2D eigenvalue weighted by atomic mass is 16.7. The lowest BCUT2D eigenvalue weighted by Crippen LogP contribution is -2.38. The Bertz CT molecular complexity index is 1180. The van der Waals surface area contributed by atoms with E-state index in [0.29, 0.717) is 17.1 Å². The Morgan fingerprint density at radius 3 is 2.56 bits per heavy atom. The first-order chi connectivity index (χ1) is 15.5. The summed E-state index contributed by atoms with van der Waals surface area (Å²) in [4.78, 5) is 36.6. The Kier molecular flexibility index (Phi) is 6.21. The molecular weight excluding hydrogens is 412 g/mol. The fourth-order valence-corrected chi connectivity index (χ4v) is 3.26. The van der Waals surface area contributed by atoms with Crippen LogP contribution in [0.1, 0.15) is 22.8 Å². The Balaban J connectivity index is 1.23. The van der Waals surface area contributed by atoms with Crippen LogP contribution in [-0.4, -0.2) is 37.2 Å². The molecule has 4 rings (SSSR count). The zero-order valence-electron chi connectivity index (χ0n) is 17.4. The summed E-state index contributed by atoms with van der Waals surface area (Å²) in [5.41, 5.74) is 1.26. The molecule has 8 heteroatoms. The molecule has 2 N–H and O–H groups in total. The minimum absolute atomic E-state index is 0.176. The number of ether oxygens (including phenoxy) is 3. The largest absolute Gasteiger partial charge is 0.454 e. The van der Waals surface area contributed by atoms with Crippen LogP contribution in [0.2, 0.25) is 0 Å². The molecule has 164 valence electrons. The zero-order chi connectivity index (χ0) is 22.5. The van der Waals surface area contributed by atoms with Crippen LogP contribution in [0.15, 0.2) is 60.7 Å². The number of carbonyl (C=O) groups excluding carboxylic acids is 3.